The molecular formula is C18H28N4O5. The van der Waals surface area contributed by atoms with Crippen LogP contribution >= 0.6 is 0 Å². The van der Waals surface area contributed by atoms with E-state index in [0.29, 0.717) is 13.0 Å². The zero-order chi connectivity index (χ0) is 19.6. The first-order chi connectivity index (χ1) is 13.0. The highest BCUT2D eigenvalue weighted by Gasteiger charge is 2.25. The minimum absolute atomic E-state index is 0.130. The molecular weight excluding hydrogens is 352 g/mol. The highest BCUT2D eigenvalue weighted by Crippen LogP contribution is 2.18. The summed E-state index contributed by atoms with van der Waals surface area (Å²) in [5, 5.41) is 9.35. The molecule has 2 aliphatic rings. The summed E-state index contributed by atoms with van der Waals surface area (Å²) >= 11 is 0. The Kier molecular flexibility index (Phi) is 8.41. The molecule has 1 unspecified atom stereocenters. The first-order valence-corrected chi connectivity index (χ1v) is 9.37. The Morgan fingerprint density at radius 2 is 1.70 bits per heavy atom. The quantitative estimate of drug-likeness (QED) is 0.264. The average Bonchev–Trinajstić information content (AvgIpc) is 2.94. The van der Waals surface area contributed by atoms with Crippen LogP contribution in [0.3, 0.4) is 0 Å². The molecule has 0 aromatic rings. The van der Waals surface area contributed by atoms with E-state index in [9.17, 15) is 19.2 Å². The van der Waals surface area contributed by atoms with Crippen molar-refractivity contribution in [3.8, 4) is 0 Å². The SMILES string of the molecule is CC(=O)OCN[C@@H]1CCCCC1NCCC(=O)NCCN1C(=O)C=CC1=O. The molecule has 1 aliphatic carbocycles. The monoisotopic (exact) mass is 380 g/mol. The number of ether oxygens (including phenoxy) is 1. The summed E-state index contributed by atoms with van der Waals surface area (Å²) in [6.45, 7) is 2.53. The van der Waals surface area contributed by atoms with Crippen LogP contribution in [0.1, 0.15) is 39.0 Å². The summed E-state index contributed by atoms with van der Waals surface area (Å²) < 4.78 is 4.94. The van der Waals surface area contributed by atoms with Gasteiger partial charge in [0, 0.05) is 57.2 Å². The Morgan fingerprint density at radius 1 is 1.07 bits per heavy atom. The van der Waals surface area contributed by atoms with Gasteiger partial charge in [-0.15, -0.1) is 0 Å². The Labute approximate surface area is 158 Å². The predicted octanol–water partition coefficient (Wildman–Crippen LogP) is -0.571. The van der Waals surface area contributed by atoms with E-state index in [0.717, 1.165) is 30.6 Å². The number of hydrogen-bond donors (Lipinski definition) is 3. The van der Waals surface area contributed by atoms with E-state index in [-0.39, 0.29) is 55.6 Å². The normalized spacial score (nSPS) is 22.2. The van der Waals surface area contributed by atoms with Crippen molar-refractivity contribution in [1.82, 2.24) is 20.9 Å². The molecule has 3 N–H and O–H groups in total. The number of hydrogen-bond acceptors (Lipinski definition) is 7. The van der Waals surface area contributed by atoms with Crippen LogP contribution in [0.4, 0.5) is 0 Å². The fourth-order valence-corrected chi connectivity index (χ4v) is 3.29. The fourth-order valence-electron chi connectivity index (χ4n) is 3.29. The summed E-state index contributed by atoms with van der Waals surface area (Å²) in [6, 6.07) is 0.439. The molecule has 1 aliphatic heterocycles. The van der Waals surface area contributed by atoms with Crippen LogP contribution in [0, 0.1) is 0 Å². The maximum absolute atomic E-state index is 11.9. The maximum atomic E-state index is 11.9. The lowest BCUT2D eigenvalue weighted by Crippen LogP contribution is -2.51. The van der Waals surface area contributed by atoms with E-state index < -0.39 is 0 Å². The topological polar surface area (TPSA) is 117 Å². The van der Waals surface area contributed by atoms with Crippen LogP contribution in [-0.2, 0) is 23.9 Å². The molecule has 9 heteroatoms. The molecule has 9 nitrogen and oxygen atoms in total. The molecule has 2 atom stereocenters. The lowest BCUT2D eigenvalue weighted by atomic mass is 9.90. The summed E-state index contributed by atoms with van der Waals surface area (Å²) in [7, 11) is 0. The third-order valence-electron chi connectivity index (χ3n) is 4.70. The van der Waals surface area contributed by atoms with Crippen molar-refractivity contribution in [2.24, 2.45) is 0 Å². The second-order valence-electron chi connectivity index (χ2n) is 6.70. The van der Waals surface area contributed by atoms with Gasteiger partial charge in [-0.3, -0.25) is 29.4 Å². The molecule has 0 bridgehead atoms. The summed E-state index contributed by atoms with van der Waals surface area (Å²) in [5.74, 6) is -1.14. The number of carbonyl (C=O) groups is 4. The van der Waals surface area contributed by atoms with E-state index in [2.05, 4.69) is 16.0 Å². The third kappa shape index (κ3) is 7.10. The van der Waals surface area contributed by atoms with E-state index in [1.165, 1.54) is 19.1 Å². The molecule has 3 amide bonds. The molecule has 27 heavy (non-hydrogen) atoms. The Morgan fingerprint density at radius 3 is 2.33 bits per heavy atom. The Bertz CT molecular complexity index is 574. The number of nitrogens with one attached hydrogen (secondary N) is 3. The van der Waals surface area contributed by atoms with Crippen LogP contribution in [0.5, 0.6) is 0 Å². The smallest absolute Gasteiger partial charge is 0.303 e. The molecule has 1 saturated carbocycles. The zero-order valence-electron chi connectivity index (χ0n) is 15.7. The fraction of sp³-hybridized carbons (Fsp3) is 0.667. The van der Waals surface area contributed by atoms with Gasteiger partial charge >= 0.3 is 5.97 Å². The molecule has 1 heterocycles. The maximum Gasteiger partial charge on any atom is 0.303 e. The Hall–Kier alpha value is -2.26. The standard InChI is InChI=1S/C18H28N4O5/c1-13(23)27-12-21-15-5-3-2-4-14(15)19-9-8-16(24)20-10-11-22-17(25)6-7-18(22)26/h6-7,14-15,19,21H,2-5,8-12H2,1H3,(H,20,24)/t14?,15-/m1/s1. The lowest BCUT2D eigenvalue weighted by Gasteiger charge is -2.33. The summed E-state index contributed by atoms with van der Waals surface area (Å²) in [5.41, 5.74) is 0. The van der Waals surface area contributed by atoms with Gasteiger partial charge in [-0.25, -0.2) is 0 Å². The van der Waals surface area contributed by atoms with Gasteiger partial charge in [0.2, 0.25) is 5.91 Å². The second-order valence-corrected chi connectivity index (χ2v) is 6.70. The molecule has 0 saturated heterocycles. The number of carbonyl (C=O) groups excluding carboxylic acids is 4. The van der Waals surface area contributed by atoms with Crippen molar-refractivity contribution in [2.75, 3.05) is 26.4 Å². The van der Waals surface area contributed by atoms with Gasteiger partial charge in [-0.2, -0.15) is 0 Å². The average molecular weight is 380 g/mol. The van der Waals surface area contributed by atoms with Crippen molar-refractivity contribution in [2.45, 2.75) is 51.1 Å². The molecule has 0 aromatic carbocycles. The van der Waals surface area contributed by atoms with Crippen LogP contribution in [0.15, 0.2) is 12.2 Å². The van der Waals surface area contributed by atoms with Crippen molar-refractivity contribution >= 4 is 23.7 Å². The van der Waals surface area contributed by atoms with Gasteiger partial charge < -0.3 is 15.4 Å². The number of nitrogens with zero attached hydrogens (tertiary/aromatic N) is 1. The first-order valence-electron chi connectivity index (χ1n) is 9.37. The van der Waals surface area contributed by atoms with Crippen molar-refractivity contribution in [3.05, 3.63) is 12.2 Å². The number of imide groups is 1. The van der Waals surface area contributed by atoms with Crippen LogP contribution in [-0.4, -0.2) is 67.0 Å². The third-order valence-corrected chi connectivity index (χ3v) is 4.70. The van der Waals surface area contributed by atoms with Crippen LogP contribution in [0.25, 0.3) is 0 Å². The van der Waals surface area contributed by atoms with E-state index in [4.69, 9.17) is 4.74 Å². The second kappa shape index (κ2) is 10.8. The minimum atomic E-state index is -0.347. The highest BCUT2D eigenvalue weighted by atomic mass is 16.5. The number of rotatable bonds is 10. The van der Waals surface area contributed by atoms with Crippen molar-refractivity contribution < 1.29 is 23.9 Å². The number of amides is 3. The minimum Gasteiger partial charge on any atom is -0.450 e. The van der Waals surface area contributed by atoms with Gasteiger partial charge in [-0.1, -0.05) is 12.8 Å². The molecule has 0 spiro atoms. The van der Waals surface area contributed by atoms with Crippen molar-refractivity contribution in [3.63, 3.8) is 0 Å². The van der Waals surface area contributed by atoms with Crippen molar-refractivity contribution in [1.29, 1.82) is 0 Å². The van der Waals surface area contributed by atoms with Crippen LogP contribution < -0.4 is 16.0 Å². The van der Waals surface area contributed by atoms with E-state index in [1.807, 2.05) is 0 Å². The van der Waals surface area contributed by atoms with Crippen LogP contribution in [0.2, 0.25) is 0 Å². The zero-order valence-corrected chi connectivity index (χ0v) is 15.7. The summed E-state index contributed by atoms with van der Waals surface area (Å²) in [4.78, 5) is 46.7. The molecule has 2 rings (SSSR count). The predicted molar refractivity (Wildman–Crippen MR) is 97.3 cm³/mol. The van der Waals surface area contributed by atoms with Gasteiger partial charge in [0.25, 0.3) is 11.8 Å². The van der Waals surface area contributed by atoms with Gasteiger partial charge in [0.1, 0.15) is 6.73 Å². The number of esters is 1. The van der Waals surface area contributed by atoms with Gasteiger partial charge in [0.15, 0.2) is 0 Å². The largest absolute Gasteiger partial charge is 0.450 e. The lowest BCUT2D eigenvalue weighted by molar-refractivity contribution is -0.142. The molecule has 150 valence electrons. The molecule has 1 fully saturated rings. The van der Waals surface area contributed by atoms with Gasteiger partial charge in [-0.05, 0) is 12.8 Å². The molecule has 0 aromatic heterocycles. The van der Waals surface area contributed by atoms with E-state index >= 15 is 0 Å². The van der Waals surface area contributed by atoms with Gasteiger partial charge in [0.05, 0.1) is 0 Å². The Balaban J connectivity index is 1.60. The van der Waals surface area contributed by atoms with E-state index in [1.54, 1.807) is 0 Å². The molecule has 0 radical (unpaired) electrons. The summed E-state index contributed by atoms with van der Waals surface area (Å²) in [6.07, 6.45) is 7.02. The first kappa shape index (κ1) is 21.0. The highest BCUT2D eigenvalue weighted by molar-refractivity contribution is 6.12.